The number of hydrogen-bond donors (Lipinski definition) is 3. The lowest BCUT2D eigenvalue weighted by atomic mass is 10.0. The molecule has 40 heavy (non-hydrogen) atoms. The number of rotatable bonds is 11. The summed E-state index contributed by atoms with van der Waals surface area (Å²) < 4.78 is 15.1. The van der Waals surface area contributed by atoms with Crippen LogP contribution in [0.15, 0.2) is 78.9 Å². The van der Waals surface area contributed by atoms with E-state index in [0.717, 1.165) is 17.1 Å². The van der Waals surface area contributed by atoms with E-state index in [9.17, 15) is 14.4 Å². The van der Waals surface area contributed by atoms with E-state index in [-0.39, 0.29) is 22.8 Å². The number of carbonyl (C=O) groups is 3. The SMILES string of the molecule is CCOc1ccc([C@H](C(=O)NCc2ccccc2)N(C(=O)c2snc(C(N)=O)c2N)c2ccccc2OC)cc1. The molecule has 0 aliphatic carbocycles. The lowest BCUT2D eigenvalue weighted by Gasteiger charge is -2.32. The number of methoxy groups -OCH3 is 1. The smallest absolute Gasteiger partial charge is 0.273 e. The largest absolute Gasteiger partial charge is 0.495 e. The average Bonchev–Trinajstić information content (AvgIpc) is 3.37. The number of benzene rings is 3. The summed E-state index contributed by atoms with van der Waals surface area (Å²) in [5.41, 5.74) is 12.9. The molecule has 1 heterocycles. The van der Waals surface area contributed by atoms with Gasteiger partial charge in [-0.2, -0.15) is 4.37 Å². The van der Waals surface area contributed by atoms with Gasteiger partial charge >= 0.3 is 0 Å². The minimum Gasteiger partial charge on any atom is -0.495 e. The van der Waals surface area contributed by atoms with Crippen LogP contribution in [0.4, 0.5) is 11.4 Å². The number of aromatic nitrogens is 1. The van der Waals surface area contributed by atoms with E-state index in [1.807, 2.05) is 37.3 Å². The highest BCUT2D eigenvalue weighted by atomic mass is 32.1. The Bertz CT molecular complexity index is 1490. The third kappa shape index (κ3) is 6.05. The number of nitrogen functional groups attached to an aromatic ring is 1. The summed E-state index contributed by atoms with van der Waals surface area (Å²) in [4.78, 5) is 41.3. The van der Waals surface area contributed by atoms with Crippen molar-refractivity contribution in [1.29, 1.82) is 0 Å². The standard InChI is InChI=1S/C29H29N5O5S/c1-3-39-20-15-13-19(14-16-20)25(28(36)32-17-18-9-5-4-6-10-18)34(21-11-7-8-12-22(21)38-2)29(37)26-23(30)24(27(31)35)33-40-26/h4-16,25H,3,17,30H2,1-2H3,(H2,31,35)(H,32,36)/t25-/m1/s1. The van der Waals surface area contributed by atoms with Gasteiger partial charge in [0.05, 0.1) is 25.1 Å². The van der Waals surface area contributed by atoms with Gasteiger partial charge in [-0.1, -0.05) is 54.6 Å². The van der Waals surface area contributed by atoms with Crippen LogP contribution in [0.3, 0.4) is 0 Å². The summed E-state index contributed by atoms with van der Waals surface area (Å²) >= 11 is 0.733. The Morgan fingerprint density at radius 3 is 2.30 bits per heavy atom. The molecule has 3 aromatic carbocycles. The second-order valence-electron chi connectivity index (χ2n) is 8.59. The van der Waals surface area contributed by atoms with Crippen molar-refractivity contribution in [1.82, 2.24) is 9.69 Å². The molecule has 1 aromatic heterocycles. The van der Waals surface area contributed by atoms with Crippen LogP contribution >= 0.6 is 11.5 Å². The van der Waals surface area contributed by atoms with Crippen molar-refractivity contribution in [2.75, 3.05) is 24.4 Å². The molecule has 0 fully saturated rings. The molecule has 0 radical (unpaired) electrons. The highest BCUT2D eigenvalue weighted by molar-refractivity contribution is 7.09. The first-order valence-electron chi connectivity index (χ1n) is 12.4. The Balaban J connectivity index is 1.86. The van der Waals surface area contributed by atoms with Crippen LogP contribution in [-0.4, -0.2) is 35.8 Å². The Morgan fingerprint density at radius 2 is 1.68 bits per heavy atom. The molecule has 0 aliphatic heterocycles. The summed E-state index contributed by atoms with van der Waals surface area (Å²) in [7, 11) is 1.47. The van der Waals surface area contributed by atoms with Crippen LogP contribution in [-0.2, 0) is 11.3 Å². The van der Waals surface area contributed by atoms with Crippen molar-refractivity contribution in [2.45, 2.75) is 19.5 Å². The number of amides is 3. The molecule has 10 nitrogen and oxygen atoms in total. The van der Waals surface area contributed by atoms with E-state index in [1.54, 1.807) is 48.5 Å². The van der Waals surface area contributed by atoms with Crippen LogP contribution in [0, 0.1) is 0 Å². The Labute approximate surface area is 235 Å². The maximum absolute atomic E-state index is 14.2. The van der Waals surface area contributed by atoms with Gasteiger partial charge in [0.2, 0.25) is 5.91 Å². The lowest BCUT2D eigenvalue weighted by molar-refractivity contribution is -0.122. The molecule has 206 valence electrons. The summed E-state index contributed by atoms with van der Waals surface area (Å²) in [6.07, 6.45) is 0. The quantitative estimate of drug-likeness (QED) is 0.252. The molecule has 0 unspecified atom stereocenters. The van der Waals surface area contributed by atoms with Crippen LogP contribution in [0.1, 0.15) is 44.3 Å². The zero-order valence-electron chi connectivity index (χ0n) is 22.0. The van der Waals surface area contributed by atoms with Gasteiger partial charge in [0.15, 0.2) is 5.69 Å². The zero-order valence-corrected chi connectivity index (χ0v) is 22.8. The van der Waals surface area contributed by atoms with Crippen molar-refractivity contribution in [2.24, 2.45) is 5.73 Å². The fraction of sp³-hybridized carbons (Fsp3) is 0.172. The normalized spacial score (nSPS) is 11.3. The molecule has 1 atom stereocenters. The van der Waals surface area contributed by atoms with Gasteiger partial charge in [0, 0.05) is 6.54 Å². The van der Waals surface area contributed by atoms with Crippen molar-refractivity contribution in [3.8, 4) is 11.5 Å². The minimum atomic E-state index is -1.17. The zero-order chi connectivity index (χ0) is 28.6. The summed E-state index contributed by atoms with van der Waals surface area (Å²) in [6, 6.07) is 22.0. The molecule has 0 aliphatic rings. The summed E-state index contributed by atoms with van der Waals surface area (Å²) in [5.74, 6) is -1.00. The third-order valence-electron chi connectivity index (χ3n) is 6.04. The molecule has 0 bridgehead atoms. The van der Waals surface area contributed by atoms with E-state index >= 15 is 0 Å². The number of para-hydroxylation sites is 2. The molecule has 4 rings (SSSR count). The molecule has 4 aromatic rings. The number of nitrogens with two attached hydrogens (primary N) is 2. The van der Waals surface area contributed by atoms with E-state index in [4.69, 9.17) is 20.9 Å². The number of anilines is 2. The van der Waals surface area contributed by atoms with Gasteiger partial charge in [-0.25, -0.2) is 0 Å². The predicted molar refractivity (Wildman–Crippen MR) is 153 cm³/mol. The maximum Gasteiger partial charge on any atom is 0.273 e. The van der Waals surface area contributed by atoms with Crippen molar-refractivity contribution >= 4 is 40.6 Å². The van der Waals surface area contributed by atoms with E-state index in [0.29, 0.717) is 29.4 Å². The molecule has 11 heteroatoms. The lowest BCUT2D eigenvalue weighted by Crippen LogP contribution is -2.44. The van der Waals surface area contributed by atoms with Crippen molar-refractivity contribution < 1.29 is 23.9 Å². The Kier molecular flexibility index (Phi) is 8.97. The molecular weight excluding hydrogens is 530 g/mol. The van der Waals surface area contributed by atoms with E-state index < -0.39 is 23.8 Å². The second-order valence-corrected chi connectivity index (χ2v) is 9.37. The first kappa shape index (κ1) is 28.1. The highest BCUT2D eigenvalue weighted by Gasteiger charge is 2.37. The van der Waals surface area contributed by atoms with Crippen LogP contribution < -0.4 is 31.2 Å². The second kappa shape index (κ2) is 12.8. The fourth-order valence-corrected chi connectivity index (χ4v) is 4.89. The average molecular weight is 560 g/mol. The van der Waals surface area contributed by atoms with Crippen LogP contribution in [0.25, 0.3) is 0 Å². The summed E-state index contributed by atoms with van der Waals surface area (Å²) in [5, 5.41) is 2.95. The minimum absolute atomic E-state index is 0.0356. The van der Waals surface area contributed by atoms with E-state index in [2.05, 4.69) is 9.69 Å². The molecule has 5 N–H and O–H groups in total. The third-order valence-corrected chi connectivity index (χ3v) is 6.89. The molecule has 0 spiro atoms. The monoisotopic (exact) mass is 559 g/mol. The van der Waals surface area contributed by atoms with Gasteiger partial charge in [0.25, 0.3) is 11.8 Å². The molecule has 0 saturated heterocycles. The number of hydrogen-bond acceptors (Lipinski definition) is 8. The maximum atomic E-state index is 14.2. The Morgan fingerprint density at radius 1 is 1.00 bits per heavy atom. The first-order valence-corrected chi connectivity index (χ1v) is 13.2. The number of nitrogens with zero attached hydrogens (tertiary/aromatic N) is 2. The van der Waals surface area contributed by atoms with Crippen molar-refractivity contribution in [3.63, 3.8) is 0 Å². The van der Waals surface area contributed by atoms with Gasteiger partial charge in [-0.3, -0.25) is 19.3 Å². The van der Waals surface area contributed by atoms with Crippen LogP contribution in [0.2, 0.25) is 0 Å². The molecule has 0 saturated carbocycles. The highest BCUT2D eigenvalue weighted by Crippen LogP contribution is 2.38. The van der Waals surface area contributed by atoms with Gasteiger partial charge in [-0.15, -0.1) is 0 Å². The molecular formula is C29H29N5O5S. The summed E-state index contributed by atoms with van der Waals surface area (Å²) in [6.45, 7) is 2.57. The number of primary amides is 1. The number of ether oxygens (including phenoxy) is 2. The van der Waals surface area contributed by atoms with Crippen molar-refractivity contribution in [3.05, 3.63) is 101 Å². The van der Waals surface area contributed by atoms with Gasteiger partial charge < -0.3 is 26.3 Å². The molecule has 3 amide bonds. The number of carbonyl (C=O) groups excluding carboxylic acids is 3. The van der Waals surface area contributed by atoms with Crippen LogP contribution in [0.5, 0.6) is 11.5 Å². The number of nitrogens with one attached hydrogen (secondary N) is 1. The fourth-order valence-electron chi connectivity index (χ4n) is 4.15. The first-order chi connectivity index (χ1) is 19.3. The van der Waals surface area contributed by atoms with E-state index in [1.165, 1.54) is 12.0 Å². The Hall–Kier alpha value is -4.90. The van der Waals surface area contributed by atoms with Gasteiger partial charge in [0.1, 0.15) is 22.4 Å². The predicted octanol–water partition coefficient (Wildman–Crippen LogP) is 3.94. The van der Waals surface area contributed by atoms with Gasteiger partial charge in [-0.05, 0) is 53.8 Å². The topological polar surface area (TPSA) is 150 Å².